The van der Waals surface area contributed by atoms with Crippen molar-refractivity contribution in [3.8, 4) is 0 Å². The fourth-order valence-electron chi connectivity index (χ4n) is 3.80. The van der Waals surface area contributed by atoms with Gasteiger partial charge in [0.1, 0.15) is 0 Å². The molecule has 0 aliphatic carbocycles. The number of rotatable bonds is 3. The fraction of sp³-hybridized carbons (Fsp3) is 0.471. The van der Waals surface area contributed by atoms with Crippen molar-refractivity contribution < 1.29 is 0 Å². The maximum atomic E-state index is 4.47. The molecule has 4 rings (SSSR count). The van der Waals surface area contributed by atoms with Gasteiger partial charge in [-0.05, 0) is 44.0 Å². The highest BCUT2D eigenvalue weighted by Gasteiger charge is 2.42. The summed E-state index contributed by atoms with van der Waals surface area (Å²) in [6.07, 6.45) is 4.28. The van der Waals surface area contributed by atoms with E-state index in [-0.39, 0.29) is 0 Å². The average molecular weight is 295 g/mol. The SMILES string of the molecule is Cc1ccc(N2CC[C@@H]3[C@H]2CCN3Cc2ccccn2)nn1. The van der Waals surface area contributed by atoms with E-state index < -0.39 is 0 Å². The van der Waals surface area contributed by atoms with Crippen LogP contribution < -0.4 is 4.90 Å². The van der Waals surface area contributed by atoms with Crippen LogP contribution in [0.5, 0.6) is 0 Å². The maximum Gasteiger partial charge on any atom is 0.151 e. The average Bonchev–Trinajstić information content (AvgIpc) is 3.13. The largest absolute Gasteiger partial charge is 0.350 e. The van der Waals surface area contributed by atoms with E-state index >= 15 is 0 Å². The summed E-state index contributed by atoms with van der Waals surface area (Å²) in [6, 6.07) is 11.5. The van der Waals surface area contributed by atoms with Crippen molar-refractivity contribution in [3.05, 3.63) is 47.9 Å². The van der Waals surface area contributed by atoms with E-state index in [1.165, 1.54) is 12.8 Å². The first-order valence-electron chi connectivity index (χ1n) is 8.02. The molecule has 2 saturated heterocycles. The van der Waals surface area contributed by atoms with Crippen LogP contribution in [0.15, 0.2) is 36.5 Å². The molecule has 2 aliphatic heterocycles. The molecule has 22 heavy (non-hydrogen) atoms. The third kappa shape index (κ3) is 2.46. The van der Waals surface area contributed by atoms with Gasteiger partial charge in [0.15, 0.2) is 5.82 Å². The Morgan fingerprint density at radius 3 is 2.73 bits per heavy atom. The van der Waals surface area contributed by atoms with Crippen LogP contribution in [0.1, 0.15) is 24.2 Å². The quantitative estimate of drug-likeness (QED) is 0.867. The van der Waals surface area contributed by atoms with E-state index in [0.29, 0.717) is 12.1 Å². The second-order valence-electron chi connectivity index (χ2n) is 6.23. The highest BCUT2D eigenvalue weighted by molar-refractivity contribution is 5.42. The molecule has 2 aliphatic rings. The van der Waals surface area contributed by atoms with E-state index in [1.807, 2.05) is 19.2 Å². The molecule has 0 aromatic carbocycles. The molecule has 2 aromatic heterocycles. The van der Waals surface area contributed by atoms with Gasteiger partial charge in [-0.3, -0.25) is 9.88 Å². The summed E-state index contributed by atoms with van der Waals surface area (Å²) >= 11 is 0. The molecule has 2 fully saturated rings. The van der Waals surface area contributed by atoms with E-state index in [0.717, 1.165) is 36.8 Å². The lowest BCUT2D eigenvalue weighted by Crippen LogP contribution is -2.36. The Hall–Kier alpha value is -2.01. The molecule has 0 radical (unpaired) electrons. The van der Waals surface area contributed by atoms with Crippen molar-refractivity contribution in [3.63, 3.8) is 0 Å². The van der Waals surface area contributed by atoms with E-state index in [2.05, 4.69) is 49.2 Å². The number of likely N-dealkylation sites (tertiary alicyclic amines) is 1. The van der Waals surface area contributed by atoms with Crippen molar-refractivity contribution in [2.45, 2.75) is 38.4 Å². The van der Waals surface area contributed by atoms with Gasteiger partial charge in [-0.25, -0.2) is 0 Å². The molecule has 5 nitrogen and oxygen atoms in total. The van der Waals surface area contributed by atoms with Gasteiger partial charge in [0.25, 0.3) is 0 Å². The summed E-state index contributed by atoms with van der Waals surface area (Å²) in [7, 11) is 0. The van der Waals surface area contributed by atoms with Crippen molar-refractivity contribution in [2.75, 3.05) is 18.0 Å². The number of pyridine rings is 1. The minimum atomic E-state index is 0.570. The summed E-state index contributed by atoms with van der Waals surface area (Å²) in [5.74, 6) is 1.03. The zero-order chi connectivity index (χ0) is 14.9. The summed E-state index contributed by atoms with van der Waals surface area (Å²) in [5, 5.41) is 8.58. The van der Waals surface area contributed by atoms with Gasteiger partial charge in [0.05, 0.1) is 11.4 Å². The molecule has 0 N–H and O–H groups in total. The van der Waals surface area contributed by atoms with Crippen LogP contribution in [0, 0.1) is 6.92 Å². The topological polar surface area (TPSA) is 45.2 Å². The first-order valence-corrected chi connectivity index (χ1v) is 8.02. The number of hydrogen-bond donors (Lipinski definition) is 0. The van der Waals surface area contributed by atoms with E-state index in [9.17, 15) is 0 Å². The van der Waals surface area contributed by atoms with Crippen LogP contribution in [0.4, 0.5) is 5.82 Å². The zero-order valence-corrected chi connectivity index (χ0v) is 12.9. The number of fused-ring (bicyclic) bond motifs is 1. The van der Waals surface area contributed by atoms with Crippen molar-refractivity contribution in [1.82, 2.24) is 20.1 Å². The van der Waals surface area contributed by atoms with Crippen molar-refractivity contribution in [2.24, 2.45) is 0 Å². The Balaban J connectivity index is 1.48. The third-order valence-corrected chi connectivity index (χ3v) is 4.86. The summed E-state index contributed by atoms with van der Waals surface area (Å²) < 4.78 is 0. The van der Waals surface area contributed by atoms with Gasteiger partial charge in [0, 0.05) is 37.9 Å². The highest BCUT2D eigenvalue weighted by Crippen LogP contribution is 2.34. The number of aryl methyl sites for hydroxylation is 1. The Morgan fingerprint density at radius 2 is 1.95 bits per heavy atom. The minimum absolute atomic E-state index is 0.570. The van der Waals surface area contributed by atoms with Gasteiger partial charge in [-0.2, -0.15) is 5.10 Å². The van der Waals surface area contributed by atoms with Gasteiger partial charge in [0.2, 0.25) is 0 Å². The second kappa shape index (κ2) is 5.65. The molecule has 114 valence electrons. The Labute approximate surface area is 131 Å². The smallest absolute Gasteiger partial charge is 0.151 e. The fourth-order valence-corrected chi connectivity index (χ4v) is 3.80. The Bertz CT molecular complexity index is 627. The van der Waals surface area contributed by atoms with Gasteiger partial charge in [-0.1, -0.05) is 6.07 Å². The molecule has 4 heterocycles. The molecule has 5 heteroatoms. The van der Waals surface area contributed by atoms with E-state index in [4.69, 9.17) is 0 Å². The summed E-state index contributed by atoms with van der Waals surface area (Å²) in [5.41, 5.74) is 2.14. The van der Waals surface area contributed by atoms with E-state index in [1.54, 1.807) is 0 Å². The number of anilines is 1. The minimum Gasteiger partial charge on any atom is -0.350 e. The first kappa shape index (κ1) is 13.6. The molecule has 2 aromatic rings. The summed E-state index contributed by atoms with van der Waals surface area (Å²) in [4.78, 5) is 9.48. The van der Waals surface area contributed by atoms with Crippen LogP contribution >= 0.6 is 0 Å². The predicted molar refractivity (Wildman–Crippen MR) is 85.6 cm³/mol. The molecule has 2 atom stereocenters. The lowest BCUT2D eigenvalue weighted by molar-refractivity contribution is 0.243. The zero-order valence-electron chi connectivity index (χ0n) is 12.9. The van der Waals surface area contributed by atoms with Crippen LogP contribution in [-0.2, 0) is 6.54 Å². The molecular weight excluding hydrogens is 274 g/mol. The molecule has 0 amide bonds. The molecule has 0 saturated carbocycles. The molecule has 0 spiro atoms. The Morgan fingerprint density at radius 1 is 1.05 bits per heavy atom. The third-order valence-electron chi connectivity index (χ3n) is 4.86. The first-order chi connectivity index (χ1) is 10.8. The standard InChI is InChI=1S/C17H21N5/c1-13-5-6-17(20-19-13)22-11-8-15-16(22)7-10-21(15)12-14-4-2-3-9-18-14/h2-6,9,15-16H,7-8,10-12H2,1H3/t15-,16-/m1/s1. The van der Waals surface area contributed by atoms with Crippen LogP contribution in [0.2, 0.25) is 0 Å². The number of aromatic nitrogens is 3. The summed E-state index contributed by atoms with van der Waals surface area (Å²) in [6.45, 7) is 5.15. The lowest BCUT2D eigenvalue weighted by Gasteiger charge is -2.25. The van der Waals surface area contributed by atoms with Crippen molar-refractivity contribution in [1.29, 1.82) is 0 Å². The normalized spacial score (nSPS) is 24.7. The van der Waals surface area contributed by atoms with Crippen molar-refractivity contribution >= 4 is 5.82 Å². The molecular formula is C17H21N5. The highest BCUT2D eigenvalue weighted by atomic mass is 15.4. The molecule has 0 bridgehead atoms. The van der Waals surface area contributed by atoms with Gasteiger partial charge in [-0.15, -0.1) is 5.10 Å². The van der Waals surface area contributed by atoms with Crippen LogP contribution in [0.3, 0.4) is 0 Å². The number of nitrogens with zero attached hydrogens (tertiary/aromatic N) is 5. The Kier molecular flexibility index (Phi) is 3.50. The molecule has 0 unspecified atom stereocenters. The lowest BCUT2D eigenvalue weighted by atomic mass is 10.1. The second-order valence-corrected chi connectivity index (χ2v) is 6.23. The van der Waals surface area contributed by atoms with Crippen LogP contribution in [-0.4, -0.2) is 45.3 Å². The predicted octanol–water partition coefficient (Wildman–Crippen LogP) is 2.03. The number of hydrogen-bond acceptors (Lipinski definition) is 5. The maximum absolute atomic E-state index is 4.47. The van der Waals surface area contributed by atoms with Gasteiger partial charge >= 0.3 is 0 Å². The monoisotopic (exact) mass is 295 g/mol. The van der Waals surface area contributed by atoms with Crippen LogP contribution in [0.25, 0.3) is 0 Å². The van der Waals surface area contributed by atoms with Gasteiger partial charge < -0.3 is 4.90 Å².